The van der Waals surface area contributed by atoms with Crippen LogP contribution in [0, 0.1) is 0 Å². The Balaban J connectivity index is 1.88. The van der Waals surface area contributed by atoms with E-state index in [0.717, 1.165) is 33.8 Å². The largest absolute Gasteiger partial charge is 0.497 e. The molecule has 0 saturated heterocycles. The average molecular weight is 374 g/mol. The van der Waals surface area contributed by atoms with Gasteiger partial charge in [0.2, 0.25) is 5.91 Å². The first-order valence-corrected chi connectivity index (χ1v) is 9.20. The van der Waals surface area contributed by atoms with Gasteiger partial charge in [-0.25, -0.2) is 0 Å². The third-order valence-corrected chi connectivity index (χ3v) is 5.14. The van der Waals surface area contributed by atoms with Crippen molar-refractivity contribution < 1.29 is 9.53 Å². The Labute approximate surface area is 164 Å². The lowest BCUT2D eigenvalue weighted by Crippen LogP contribution is -2.44. The van der Waals surface area contributed by atoms with Crippen molar-refractivity contribution in [3.63, 3.8) is 0 Å². The first-order valence-electron chi connectivity index (χ1n) is 9.20. The van der Waals surface area contributed by atoms with E-state index >= 15 is 0 Å². The molecule has 0 unspecified atom stereocenters. The molecule has 4 rings (SSSR count). The molecule has 1 aliphatic rings. The Morgan fingerprint density at radius 2 is 1.89 bits per heavy atom. The number of carbonyl (C=O) groups is 1. The fourth-order valence-corrected chi connectivity index (χ4v) is 3.66. The zero-order valence-corrected chi connectivity index (χ0v) is 16.0. The van der Waals surface area contributed by atoms with Crippen LogP contribution in [0.25, 0.3) is 22.4 Å². The van der Waals surface area contributed by atoms with Crippen LogP contribution in [-0.4, -0.2) is 38.7 Å². The van der Waals surface area contributed by atoms with E-state index in [1.165, 1.54) is 6.08 Å². The van der Waals surface area contributed by atoms with Crippen molar-refractivity contribution in [2.24, 2.45) is 0 Å². The highest BCUT2D eigenvalue weighted by atomic mass is 16.5. The van der Waals surface area contributed by atoms with E-state index in [1.807, 2.05) is 52.9 Å². The van der Waals surface area contributed by atoms with Gasteiger partial charge >= 0.3 is 0 Å². The zero-order valence-electron chi connectivity index (χ0n) is 16.0. The van der Waals surface area contributed by atoms with Gasteiger partial charge in [-0.3, -0.25) is 14.5 Å². The van der Waals surface area contributed by atoms with E-state index in [1.54, 1.807) is 19.5 Å². The van der Waals surface area contributed by atoms with Crippen LogP contribution in [0.15, 0.2) is 61.4 Å². The summed E-state index contributed by atoms with van der Waals surface area (Å²) in [7, 11) is 1.65. The second-order valence-corrected chi connectivity index (χ2v) is 6.84. The topological polar surface area (TPSA) is 60.3 Å². The van der Waals surface area contributed by atoms with Crippen molar-refractivity contribution in [2.75, 3.05) is 7.11 Å². The van der Waals surface area contributed by atoms with Crippen LogP contribution in [0.5, 0.6) is 5.75 Å². The molecule has 0 bridgehead atoms. The van der Waals surface area contributed by atoms with E-state index in [0.29, 0.717) is 13.1 Å². The highest BCUT2D eigenvalue weighted by Gasteiger charge is 2.31. The minimum atomic E-state index is -0.0633. The van der Waals surface area contributed by atoms with E-state index < -0.39 is 0 Å². The molecule has 0 aliphatic carbocycles. The van der Waals surface area contributed by atoms with Crippen LogP contribution in [0.3, 0.4) is 0 Å². The van der Waals surface area contributed by atoms with Gasteiger partial charge in [0.1, 0.15) is 11.4 Å². The van der Waals surface area contributed by atoms with Gasteiger partial charge in [-0.2, -0.15) is 5.10 Å². The summed E-state index contributed by atoms with van der Waals surface area (Å²) in [6.07, 6.45) is 4.92. The summed E-state index contributed by atoms with van der Waals surface area (Å²) in [6.45, 7) is 6.81. The number of hydrogen-bond acceptors (Lipinski definition) is 4. The summed E-state index contributed by atoms with van der Waals surface area (Å²) >= 11 is 0. The number of carbonyl (C=O) groups excluding carboxylic acids is 1. The summed E-state index contributed by atoms with van der Waals surface area (Å²) in [5, 5.41) is 4.91. The lowest BCUT2D eigenvalue weighted by atomic mass is 9.98. The molecular weight excluding hydrogens is 352 g/mol. The van der Waals surface area contributed by atoms with Gasteiger partial charge < -0.3 is 9.64 Å². The summed E-state index contributed by atoms with van der Waals surface area (Å²) < 4.78 is 7.30. The number of aromatic nitrogens is 3. The summed E-state index contributed by atoms with van der Waals surface area (Å²) in [5.41, 5.74) is 4.97. The molecule has 1 aliphatic heterocycles. The first kappa shape index (κ1) is 18.0. The maximum Gasteiger partial charge on any atom is 0.246 e. The number of ether oxygens (including phenoxy) is 1. The first-order chi connectivity index (χ1) is 13.6. The van der Waals surface area contributed by atoms with E-state index in [4.69, 9.17) is 9.84 Å². The summed E-state index contributed by atoms with van der Waals surface area (Å²) in [4.78, 5) is 18.3. The number of amides is 1. The molecule has 2 aromatic heterocycles. The number of nitrogens with zero attached hydrogens (tertiary/aromatic N) is 4. The van der Waals surface area contributed by atoms with Crippen LogP contribution in [-0.2, 0) is 17.9 Å². The van der Waals surface area contributed by atoms with Crippen molar-refractivity contribution >= 4 is 5.91 Å². The van der Waals surface area contributed by atoms with Crippen molar-refractivity contribution in [3.8, 4) is 28.1 Å². The smallest absolute Gasteiger partial charge is 0.246 e. The van der Waals surface area contributed by atoms with Crippen molar-refractivity contribution in [2.45, 2.75) is 26.1 Å². The van der Waals surface area contributed by atoms with Crippen molar-refractivity contribution in [1.82, 2.24) is 19.7 Å². The zero-order chi connectivity index (χ0) is 19.7. The molecule has 1 amide bonds. The van der Waals surface area contributed by atoms with E-state index in [9.17, 15) is 4.79 Å². The number of benzene rings is 1. The molecule has 3 heterocycles. The Morgan fingerprint density at radius 1 is 1.18 bits per heavy atom. The molecule has 0 spiro atoms. The second-order valence-electron chi connectivity index (χ2n) is 6.84. The molecule has 142 valence electrons. The Kier molecular flexibility index (Phi) is 4.69. The van der Waals surface area contributed by atoms with Gasteiger partial charge in [0.15, 0.2) is 0 Å². The third-order valence-electron chi connectivity index (χ3n) is 5.14. The van der Waals surface area contributed by atoms with Crippen molar-refractivity contribution in [3.05, 3.63) is 67.1 Å². The molecule has 0 N–H and O–H groups in total. The number of fused-ring (bicyclic) bond motifs is 1. The van der Waals surface area contributed by atoms with Gasteiger partial charge in [0.05, 0.1) is 25.9 Å². The molecule has 0 fully saturated rings. The van der Waals surface area contributed by atoms with Crippen LogP contribution in [0.4, 0.5) is 0 Å². The quantitative estimate of drug-likeness (QED) is 0.656. The molecule has 1 atom stereocenters. The van der Waals surface area contributed by atoms with E-state index in [2.05, 4.69) is 11.6 Å². The monoisotopic (exact) mass is 374 g/mol. The predicted molar refractivity (Wildman–Crippen MR) is 108 cm³/mol. The molecular formula is C22H22N4O2. The SMILES string of the molecule is C=CC(=O)N1Cc2c(-c3ccncc3)c(-c3ccc(OC)cc3)nn2C[C@H]1C. The van der Waals surface area contributed by atoms with Gasteiger partial charge in [-0.15, -0.1) is 0 Å². The van der Waals surface area contributed by atoms with Gasteiger partial charge in [0, 0.05) is 29.6 Å². The Hall–Kier alpha value is -3.41. The Morgan fingerprint density at radius 3 is 2.54 bits per heavy atom. The second kappa shape index (κ2) is 7.31. The summed E-state index contributed by atoms with van der Waals surface area (Å²) in [5.74, 6) is 0.737. The average Bonchev–Trinajstić information content (AvgIpc) is 3.11. The molecule has 0 radical (unpaired) electrons. The van der Waals surface area contributed by atoms with Gasteiger partial charge in [0.25, 0.3) is 0 Å². The molecule has 3 aromatic rings. The number of rotatable bonds is 4. The predicted octanol–water partition coefficient (Wildman–Crippen LogP) is 3.54. The number of pyridine rings is 1. The molecule has 28 heavy (non-hydrogen) atoms. The molecule has 6 heteroatoms. The minimum Gasteiger partial charge on any atom is -0.497 e. The van der Waals surface area contributed by atoms with Crippen LogP contribution < -0.4 is 4.74 Å². The molecule has 0 saturated carbocycles. The van der Waals surface area contributed by atoms with Crippen LogP contribution in [0.2, 0.25) is 0 Å². The highest BCUT2D eigenvalue weighted by Crippen LogP contribution is 2.37. The fourth-order valence-electron chi connectivity index (χ4n) is 3.66. The number of hydrogen-bond donors (Lipinski definition) is 0. The normalized spacial score (nSPS) is 15.8. The Bertz CT molecular complexity index is 1010. The minimum absolute atomic E-state index is 0.0481. The fraction of sp³-hybridized carbons (Fsp3) is 0.227. The van der Waals surface area contributed by atoms with Gasteiger partial charge in [-0.1, -0.05) is 6.58 Å². The summed E-state index contributed by atoms with van der Waals surface area (Å²) in [6, 6.07) is 11.9. The molecule has 1 aromatic carbocycles. The van der Waals surface area contributed by atoms with Crippen molar-refractivity contribution in [1.29, 1.82) is 0 Å². The number of methoxy groups -OCH3 is 1. The highest BCUT2D eigenvalue weighted by molar-refractivity contribution is 5.88. The lowest BCUT2D eigenvalue weighted by Gasteiger charge is -2.33. The van der Waals surface area contributed by atoms with Gasteiger partial charge in [-0.05, 0) is 55.0 Å². The third kappa shape index (κ3) is 3.07. The lowest BCUT2D eigenvalue weighted by molar-refractivity contribution is -0.129. The maximum absolute atomic E-state index is 12.3. The standard InChI is InChI=1S/C22H22N4O2/c1-4-20(27)25-14-19-21(16-9-11-23-12-10-16)22(24-26(19)13-15(25)2)17-5-7-18(28-3)8-6-17/h4-12,15H,1,13-14H2,2-3H3/t15-/m1/s1. The molecule has 6 nitrogen and oxygen atoms in total. The maximum atomic E-state index is 12.3. The van der Waals surface area contributed by atoms with Crippen LogP contribution >= 0.6 is 0 Å². The van der Waals surface area contributed by atoms with Crippen LogP contribution in [0.1, 0.15) is 12.6 Å². The van der Waals surface area contributed by atoms with E-state index in [-0.39, 0.29) is 11.9 Å².